The highest BCUT2D eigenvalue weighted by atomic mass is 19.2. The third-order valence-electron chi connectivity index (χ3n) is 6.44. The van der Waals surface area contributed by atoms with Gasteiger partial charge in [-0.3, -0.25) is 9.63 Å². The van der Waals surface area contributed by atoms with Crippen molar-refractivity contribution in [2.45, 2.75) is 45.3 Å². The average Bonchev–Trinajstić information content (AvgIpc) is 3.43. The number of hydroxylamine groups is 2. The second-order valence-corrected chi connectivity index (χ2v) is 10.4. The smallest absolute Gasteiger partial charge is 0.248 e. The van der Waals surface area contributed by atoms with E-state index >= 15 is 0 Å². The number of para-hydroxylation sites is 1. The van der Waals surface area contributed by atoms with Crippen LogP contribution < -0.4 is 4.74 Å². The zero-order valence-electron chi connectivity index (χ0n) is 22.6. The van der Waals surface area contributed by atoms with Crippen LogP contribution in [0.25, 0.3) is 5.69 Å². The van der Waals surface area contributed by atoms with E-state index in [1.807, 2.05) is 37.3 Å². The lowest BCUT2D eigenvalue weighted by Gasteiger charge is -2.17. The third kappa shape index (κ3) is 7.24. The Morgan fingerprint density at radius 2 is 2.00 bits per heavy atom. The summed E-state index contributed by atoms with van der Waals surface area (Å²) in [5.74, 6) is -2.32. The highest BCUT2D eigenvalue weighted by Crippen LogP contribution is 2.37. The van der Waals surface area contributed by atoms with Gasteiger partial charge in [-0.1, -0.05) is 18.2 Å². The van der Waals surface area contributed by atoms with Gasteiger partial charge >= 0.3 is 0 Å². The lowest BCUT2D eigenvalue weighted by molar-refractivity contribution is -0.155. The molecular formula is C28H34F2N4O5. The first-order chi connectivity index (χ1) is 18.6. The Labute approximate surface area is 226 Å². The van der Waals surface area contributed by atoms with Gasteiger partial charge in [-0.2, -0.15) is 9.45 Å². The van der Waals surface area contributed by atoms with E-state index in [9.17, 15) is 18.7 Å². The number of benzene rings is 1. The molecule has 0 bridgehead atoms. The van der Waals surface area contributed by atoms with Crippen LogP contribution >= 0.6 is 0 Å². The summed E-state index contributed by atoms with van der Waals surface area (Å²) in [4.78, 5) is 23.0. The van der Waals surface area contributed by atoms with Crippen LogP contribution in [0.2, 0.25) is 0 Å². The Kier molecular flexibility index (Phi) is 9.06. The number of hydrogen-bond donors (Lipinski definition) is 1. The molecule has 0 unspecified atom stereocenters. The molecule has 0 amide bonds. The summed E-state index contributed by atoms with van der Waals surface area (Å²) < 4.78 is 40.1. The van der Waals surface area contributed by atoms with Crippen LogP contribution in [0.15, 0.2) is 42.6 Å². The van der Waals surface area contributed by atoms with Gasteiger partial charge in [0.05, 0.1) is 23.6 Å². The van der Waals surface area contributed by atoms with E-state index in [1.165, 1.54) is 6.20 Å². The molecule has 0 saturated carbocycles. The van der Waals surface area contributed by atoms with Gasteiger partial charge in [0.25, 0.3) is 0 Å². The van der Waals surface area contributed by atoms with Gasteiger partial charge in [-0.15, -0.1) is 5.10 Å². The Hall–Kier alpha value is -3.25. The highest BCUT2D eigenvalue weighted by Gasteiger charge is 2.37. The minimum absolute atomic E-state index is 0.0354. The summed E-state index contributed by atoms with van der Waals surface area (Å²) in [5, 5.41) is 16.4. The molecule has 11 heteroatoms. The second-order valence-electron chi connectivity index (χ2n) is 10.4. The largest absolute Gasteiger partial charge is 0.473 e. The third-order valence-corrected chi connectivity index (χ3v) is 6.44. The van der Waals surface area contributed by atoms with Crippen LogP contribution in [-0.2, 0) is 20.8 Å². The number of nitrogens with zero attached hydrogens (tertiary/aromatic N) is 4. The highest BCUT2D eigenvalue weighted by molar-refractivity contribution is 5.81. The normalized spacial score (nSPS) is 18.0. The van der Waals surface area contributed by atoms with Gasteiger partial charge in [0, 0.05) is 56.3 Å². The summed E-state index contributed by atoms with van der Waals surface area (Å²) in [6, 6.07) is 10.5. The van der Waals surface area contributed by atoms with E-state index in [1.54, 1.807) is 30.7 Å². The first-order valence-electron chi connectivity index (χ1n) is 12.8. The van der Waals surface area contributed by atoms with Gasteiger partial charge in [0.2, 0.25) is 11.8 Å². The number of Topliss-reactive ketones (excluding diaryl/α,β-unsaturated/α-hetero) is 1. The molecule has 1 aromatic carbocycles. The van der Waals surface area contributed by atoms with E-state index in [0.29, 0.717) is 42.4 Å². The molecular weight excluding hydrogens is 510 g/mol. The fourth-order valence-corrected chi connectivity index (χ4v) is 4.51. The van der Waals surface area contributed by atoms with Gasteiger partial charge in [-0.05, 0) is 39.0 Å². The predicted molar refractivity (Wildman–Crippen MR) is 138 cm³/mol. The number of ether oxygens (including phenoxy) is 2. The number of aliphatic hydroxyl groups is 1. The zero-order valence-corrected chi connectivity index (χ0v) is 22.6. The number of ketones is 1. The first kappa shape index (κ1) is 28.8. The van der Waals surface area contributed by atoms with E-state index in [-0.39, 0.29) is 31.1 Å². The van der Waals surface area contributed by atoms with Crippen LogP contribution in [0.4, 0.5) is 8.78 Å². The quantitative estimate of drug-likeness (QED) is 0.344. The minimum atomic E-state index is -1.19. The van der Waals surface area contributed by atoms with E-state index in [4.69, 9.17) is 14.3 Å². The molecule has 210 valence electrons. The molecule has 3 heterocycles. The van der Waals surface area contributed by atoms with Gasteiger partial charge < -0.3 is 14.6 Å². The number of carbonyl (C=O) groups is 1. The molecule has 0 aliphatic carbocycles. The fourth-order valence-electron chi connectivity index (χ4n) is 4.51. The van der Waals surface area contributed by atoms with E-state index in [0.717, 1.165) is 11.8 Å². The van der Waals surface area contributed by atoms with Gasteiger partial charge in [-0.25, -0.2) is 14.1 Å². The molecule has 1 N–H and O–H groups in total. The number of pyridine rings is 1. The van der Waals surface area contributed by atoms with Gasteiger partial charge in [0.1, 0.15) is 18.5 Å². The maximum atomic E-state index is 14.0. The Morgan fingerprint density at radius 1 is 1.26 bits per heavy atom. The van der Waals surface area contributed by atoms with Crippen LogP contribution in [0.5, 0.6) is 5.88 Å². The number of methoxy groups -OCH3 is 1. The molecule has 1 aliphatic rings. The second kappa shape index (κ2) is 12.3. The summed E-state index contributed by atoms with van der Waals surface area (Å²) in [6.45, 7) is 6.42. The monoisotopic (exact) mass is 544 g/mol. The van der Waals surface area contributed by atoms with Crippen molar-refractivity contribution < 1.29 is 33.0 Å². The van der Waals surface area contributed by atoms with Crippen molar-refractivity contribution in [1.82, 2.24) is 19.8 Å². The summed E-state index contributed by atoms with van der Waals surface area (Å²) >= 11 is 0. The van der Waals surface area contributed by atoms with Crippen molar-refractivity contribution in [1.29, 1.82) is 0 Å². The molecule has 2 aromatic heterocycles. The molecule has 2 atom stereocenters. The Morgan fingerprint density at radius 3 is 2.67 bits per heavy atom. The number of hydrogen-bond acceptors (Lipinski definition) is 8. The Balaban J connectivity index is 1.57. The minimum Gasteiger partial charge on any atom is -0.473 e. The molecule has 9 nitrogen and oxygen atoms in total. The fraction of sp³-hybridized carbons (Fsp3) is 0.464. The maximum Gasteiger partial charge on any atom is 0.248 e. The van der Waals surface area contributed by atoms with Crippen molar-refractivity contribution in [2.24, 2.45) is 5.92 Å². The van der Waals surface area contributed by atoms with Crippen molar-refractivity contribution in [3.63, 3.8) is 0 Å². The molecule has 1 fully saturated rings. The van der Waals surface area contributed by atoms with Crippen LogP contribution in [-0.4, -0.2) is 69.7 Å². The Bertz CT molecular complexity index is 1280. The molecule has 4 rings (SSSR count). The first-order valence-corrected chi connectivity index (χ1v) is 12.8. The molecule has 0 radical (unpaired) electrons. The molecule has 3 aromatic rings. The van der Waals surface area contributed by atoms with Crippen molar-refractivity contribution in [3.05, 3.63) is 71.2 Å². The summed E-state index contributed by atoms with van der Waals surface area (Å²) in [6.07, 6.45) is 0.768. The van der Waals surface area contributed by atoms with Crippen LogP contribution in [0, 0.1) is 24.6 Å². The molecule has 39 heavy (non-hydrogen) atoms. The van der Waals surface area contributed by atoms with Crippen LogP contribution in [0.1, 0.15) is 43.2 Å². The van der Waals surface area contributed by atoms with E-state index < -0.39 is 23.5 Å². The number of rotatable bonds is 12. The van der Waals surface area contributed by atoms with Crippen molar-refractivity contribution in [2.75, 3.05) is 33.4 Å². The predicted octanol–water partition coefficient (Wildman–Crippen LogP) is 3.76. The van der Waals surface area contributed by atoms with Crippen molar-refractivity contribution >= 4 is 5.78 Å². The molecule has 1 saturated heterocycles. The standard InChI is InChI=1S/C28H34F2N4O5/c1-18-24(34(21-8-6-5-7-9-21)32-27(18)38-17-28(2,3)36)14-22(35)12-20-16-33(10-11-37-4)39-25(20)19-13-23(29)26(30)31-15-19/h5-9,13,15,20,25,36H,10-12,14,16-17H2,1-4H3/t20-,25+/m0/s1. The lowest BCUT2D eigenvalue weighted by atomic mass is 9.91. The van der Waals surface area contributed by atoms with E-state index in [2.05, 4.69) is 10.1 Å². The molecule has 0 spiro atoms. The maximum absolute atomic E-state index is 14.0. The van der Waals surface area contributed by atoms with Crippen molar-refractivity contribution in [3.8, 4) is 11.6 Å². The SMILES string of the molecule is COCCN1C[C@H](CC(=O)Cc2c(C)c(OCC(C)(C)O)nn2-c2ccccc2)[C@@H](c2cnc(F)c(F)c2)O1. The van der Waals surface area contributed by atoms with Crippen LogP contribution in [0.3, 0.4) is 0 Å². The summed E-state index contributed by atoms with van der Waals surface area (Å²) in [5.41, 5.74) is 1.43. The molecule has 1 aliphatic heterocycles. The topological polar surface area (TPSA) is 98.9 Å². The average molecular weight is 545 g/mol. The number of carbonyl (C=O) groups excluding carboxylic acids is 1. The number of aromatic nitrogens is 3. The van der Waals surface area contributed by atoms with Gasteiger partial charge in [0.15, 0.2) is 5.82 Å². The number of halogens is 2. The zero-order chi connectivity index (χ0) is 28.2. The lowest BCUT2D eigenvalue weighted by Crippen LogP contribution is -2.28. The summed E-state index contributed by atoms with van der Waals surface area (Å²) in [7, 11) is 1.57.